The summed E-state index contributed by atoms with van der Waals surface area (Å²) in [6.07, 6.45) is 4.24. The topological polar surface area (TPSA) is 51.5 Å². The van der Waals surface area contributed by atoms with Gasteiger partial charge in [0, 0.05) is 39.0 Å². The molecule has 0 radical (unpaired) electrons. The molecule has 2 fully saturated rings. The van der Waals surface area contributed by atoms with Crippen molar-refractivity contribution in [3.63, 3.8) is 0 Å². The molecule has 2 aliphatic rings. The summed E-state index contributed by atoms with van der Waals surface area (Å²) >= 11 is 0. The highest BCUT2D eigenvalue weighted by Crippen LogP contribution is 2.40. The number of hydrogen-bond donors (Lipinski definition) is 0. The maximum atomic E-state index is 12.8. The van der Waals surface area contributed by atoms with E-state index in [1.807, 2.05) is 18.7 Å². The van der Waals surface area contributed by atoms with Gasteiger partial charge in [-0.2, -0.15) is 0 Å². The number of amides is 1. The zero-order valence-electron chi connectivity index (χ0n) is 14.4. The lowest BCUT2D eigenvalue weighted by molar-refractivity contribution is -0.0175. The fraction of sp³-hybridized carbons (Fsp3) is 0.667. The van der Waals surface area contributed by atoms with E-state index in [1.54, 1.807) is 17.7 Å². The monoisotopic (exact) mass is 318 g/mol. The minimum absolute atomic E-state index is 0.115. The lowest BCUT2D eigenvalue weighted by Gasteiger charge is -2.44. The summed E-state index contributed by atoms with van der Waals surface area (Å²) < 4.78 is 7.05. The molecule has 23 heavy (non-hydrogen) atoms. The van der Waals surface area contributed by atoms with Crippen LogP contribution in [0.4, 0.5) is 0 Å². The summed E-state index contributed by atoms with van der Waals surface area (Å²) in [7, 11) is 1.73. The zero-order chi connectivity index (χ0) is 16.6. The van der Waals surface area contributed by atoms with Crippen LogP contribution in [0.15, 0.2) is 10.9 Å². The van der Waals surface area contributed by atoms with Gasteiger partial charge in [0.2, 0.25) is 0 Å². The van der Waals surface area contributed by atoms with Crippen molar-refractivity contribution in [2.24, 2.45) is 12.5 Å². The van der Waals surface area contributed by atoms with Gasteiger partial charge in [-0.1, -0.05) is 0 Å². The average Bonchev–Trinajstić information content (AvgIpc) is 2.57. The van der Waals surface area contributed by atoms with Crippen LogP contribution in [-0.2, 0) is 11.8 Å². The minimum atomic E-state index is -0.190. The number of carbonyl (C=O) groups is 1. The van der Waals surface area contributed by atoms with Crippen LogP contribution in [0.5, 0.6) is 0 Å². The SMILES string of the molecule is Cc1cc(C(=O)N2CCC3(CCOCC3)CC2)c(=O)n(C)c1C. The Kier molecular flexibility index (Phi) is 4.32. The molecule has 3 heterocycles. The third-order valence-electron chi connectivity index (χ3n) is 5.86. The third-order valence-corrected chi connectivity index (χ3v) is 5.86. The molecule has 0 aromatic carbocycles. The summed E-state index contributed by atoms with van der Waals surface area (Å²) in [5.41, 5.74) is 2.35. The average molecular weight is 318 g/mol. The Bertz CT molecular complexity index is 662. The molecule has 0 N–H and O–H groups in total. The van der Waals surface area contributed by atoms with Gasteiger partial charge in [0.15, 0.2) is 0 Å². The minimum Gasteiger partial charge on any atom is -0.381 e. The Morgan fingerprint density at radius 1 is 1.13 bits per heavy atom. The first-order valence-electron chi connectivity index (χ1n) is 8.48. The number of carbonyl (C=O) groups excluding carboxylic acids is 1. The Labute approximate surface area is 137 Å². The Morgan fingerprint density at radius 3 is 2.35 bits per heavy atom. The Morgan fingerprint density at radius 2 is 1.74 bits per heavy atom. The van der Waals surface area contributed by atoms with Gasteiger partial charge in [-0.05, 0) is 56.6 Å². The molecule has 1 spiro atoms. The molecule has 126 valence electrons. The predicted molar refractivity (Wildman–Crippen MR) is 88.8 cm³/mol. The molecule has 1 aromatic heterocycles. The number of aromatic nitrogens is 1. The van der Waals surface area contributed by atoms with Gasteiger partial charge in [-0.15, -0.1) is 0 Å². The summed E-state index contributed by atoms with van der Waals surface area (Å²) in [5.74, 6) is -0.115. The van der Waals surface area contributed by atoms with Crippen LogP contribution in [-0.4, -0.2) is 41.7 Å². The van der Waals surface area contributed by atoms with Crippen molar-refractivity contribution in [3.05, 3.63) is 33.2 Å². The molecule has 0 aliphatic carbocycles. The number of aryl methyl sites for hydroxylation is 1. The fourth-order valence-corrected chi connectivity index (χ4v) is 3.79. The van der Waals surface area contributed by atoms with Crippen molar-refractivity contribution in [3.8, 4) is 0 Å². The quantitative estimate of drug-likeness (QED) is 0.796. The molecule has 5 heteroatoms. The van der Waals surface area contributed by atoms with Crippen molar-refractivity contribution in [2.75, 3.05) is 26.3 Å². The van der Waals surface area contributed by atoms with Crippen LogP contribution in [0, 0.1) is 19.3 Å². The van der Waals surface area contributed by atoms with Crippen molar-refractivity contribution in [2.45, 2.75) is 39.5 Å². The van der Waals surface area contributed by atoms with Crippen molar-refractivity contribution >= 4 is 5.91 Å². The molecule has 1 amide bonds. The third kappa shape index (κ3) is 2.94. The number of likely N-dealkylation sites (tertiary alicyclic amines) is 1. The number of ether oxygens (including phenoxy) is 1. The molecule has 0 saturated carbocycles. The first-order valence-corrected chi connectivity index (χ1v) is 8.48. The highest BCUT2D eigenvalue weighted by atomic mass is 16.5. The summed E-state index contributed by atoms with van der Waals surface area (Å²) in [4.78, 5) is 27.1. The number of piperidine rings is 1. The molecule has 3 rings (SSSR count). The maximum Gasteiger partial charge on any atom is 0.263 e. The molecule has 0 bridgehead atoms. The molecule has 2 aliphatic heterocycles. The fourth-order valence-electron chi connectivity index (χ4n) is 3.79. The molecule has 0 unspecified atom stereocenters. The second kappa shape index (κ2) is 6.11. The normalized spacial score (nSPS) is 20.7. The molecule has 0 atom stereocenters. The largest absolute Gasteiger partial charge is 0.381 e. The number of hydrogen-bond acceptors (Lipinski definition) is 3. The van der Waals surface area contributed by atoms with Crippen molar-refractivity contribution < 1.29 is 9.53 Å². The van der Waals surface area contributed by atoms with Crippen molar-refractivity contribution in [1.29, 1.82) is 0 Å². The number of pyridine rings is 1. The van der Waals surface area contributed by atoms with Gasteiger partial charge < -0.3 is 14.2 Å². The van der Waals surface area contributed by atoms with E-state index in [0.29, 0.717) is 11.0 Å². The van der Waals surface area contributed by atoms with Gasteiger partial charge in [0.25, 0.3) is 11.5 Å². The lowest BCUT2D eigenvalue weighted by atomic mass is 9.72. The second-order valence-corrected chi connectivity index (χ2v) is 7.10. The standard InChI is InChI=1S/C18H26N2O3/c1-13-12-15(16(21)19(3)14(13)2)17(22)20-8-4-18(5-9-20)6-10-23-11-7-18/h12H,4-11H2,1-3H3. The van der Waals surface area contributed by atoms with E-state index in [9.17, 15) is 9.59 Å². The van der Waals surface area contributed by atoms with Gasteiger partial charge in [-0.3, -0.25) is 9.59 Å². The van der Waals surface area contributed by atoms with E-state index in [0.717, 1.165) is 63.2 Å². The molecular weight excluding hydrogens is 292 g/mol. The predicted octanol–water partition coefficient (Wildman–Crippen LogP) is 2.03. The van der Waals surface area contributed by atoms with Crippen LogP contribution in [0.3, 0.4) is 0 Å². The first-order chi connectivity index (χ1) is 10.9. The van der Waals surface area contributed by atoms with E-state index in [1.165, 1.54) is 0 Å². The van der Waals surface area contributed by atoms with Gasteiger partial charge in [-0.25, -0.2) is 0 Å². The van der Waals surface area contributed by atoms with Crippen LogP contribution in [0.2, 0.25) is 0 Å². The van der Waals surface area contributed by atoms with E-state index in [4.69, 9.17) is 4.74 Å². The van der Waals surface area contributed by atoms with Crippen LogP contribution in [0.25, 0.3) is 0 Å². The van der Waals surface area contributed by atoms with Crippen LogP contribution in [0.1, 0.15) is 47.3 Å². The summed E-state index contributed by atoms with van der Waals surface area (Å²) in [5, 5.41) is 0. The molecule has 1 aromatic rings. The maximum absolute atomic E-state index is 12.8. The highest BCUT2D eigenvalue weighted by Gasteiger charge is 2.37. The van der Waals surface area contributed by atoms with E-state index in [2.05, 4.69) is 0 Å². The van der Waals surface area contributed by atoms with Gasteiger partial charge in [0.05, 0.1) is 0 Å². The molecule has 2 saturated heterocycles. The van der Waals surface area contributed by atoms with E-state index < -0.39 is 0 Å². The zero-order valence-corrected chi connectivity index (χ0v) is 14.4. The first kappa shape index (κ1) is 16.2. The van der Waals surface area contributed by atoms with E-state index in [-0.39, 0.29) is 11.5 Å². The molecular formula is C18H26N2O3. The summed E-state index contributed by atoms with van der Waals surface area (Å²) in [6, 6.07) is 1.75. The van der Waals surface area contributed by atoms with E-state index >= 15 is 0 Å². The lowest BCUT2D eigenvalue weighted by Crippen LogP contribution is -2.46. The molecule has 5 nitrogen and oxygen atoms in total. The summed E-state index contributed by atoms with van der Waals surface area (Å²) in [6.45, 7) is 7.01. The van der Waals surface area contributed by atoms with Gasteiger partial charge in [0.1, 0.15) is 5.56 Å². The highest BCUT2D eigenvalue weighted by molar-refractivity contribution is 5.94. The van der Waals surface area contributed by atoms with Gasteiger partial charge >= 0.3 is 0 Å². The Balaban J connectivity index is 1.77. The second-order valence-electron chi connectivity index (χ2n) is 7.10. The number of nitrogens with zero attached hydrogens (tertiary/aromatic N) is 2. The van der Waals surface area contributed by atoms with Crippen LogP contribution < -0.4 is 5.56 Å². The smallest absolute Gasteiger partial charge is 0.263 e. The van der Waals surface area contributed by atoms with Crippen LogP contribution >= 0.6 is 0 Å². The van der Waals surface area contributed by atoms with Crippen molar-refractivity contribution in [1.82, 2.24) is 9.47 Å². The Hall–Kier alpha value is -1.62. The number of rotatable bonds is 1.